The van der Waals surface area contributed by atoms with E-state index in [0.717, 1.165) is 10.2 Å². The lowest BCUT2D eigenvalue weighted by molar-refractivity contribution is 0.0945. The van der Waals surface area contributed by atoms with Crippen LogP contribution in [-0.2, 0) is 0 Å². The van der Waals surface area contributed by atoms with E-state index < -0.39 is 0 Å². The van der Waals surface area contributed by atoms with E-state index in [1.54, 1.807) is 17.6 Å². The predicted molar refractivity (Wildman–Crippen MR) is 59.0 cm³/mol. The summed E-state index contributed by atoms with van der Waals surface area (Å²) in [6, 6.07) is 5.36. The van der Waals surface area contributed by atoms with Gasteiger partial charge in [0.2, 0.25) is 0 Å². The molecule has 1 amide bonds. The molecule has 1 aromatic carbocycles. The summed E-state index contributed by atoms with van der Waals surface area (Å²) >= 11 is 1.50. The maximum absolute atomic E-state index is 11.5. The number of nitrogens with zero attached hydrogens (tertiary/aromatic N) is 1. The van der Waals surface area contributed by atoms with Crippen LogP contribution in [0, 0.1) is 0 Å². The first kappa shape index (κ1) is 10.1. The zero-order valence-corrected chi connectivity index (χ0v) is 8.75. The molecule has 0 radical (unpaired) electrons. The number of amides is 1. The second-order valence-corrected chi connectivity index (χ2v) is 3.90. The van der Waals surface area contributed by atoms with Gasteiger partial charge >= 0.3 is 0 Å². The number of carbonyl (C=O) groups is 1. The number of nitrogens with one attached hydrogen (secondary N) is 1. The molecule has 0 aliphatic rings. The van der Waals surface area contributed by atoms with Crippen LogP contribution in [-0.4, -0.2) is 29.1 Å². The number of aromatic nitrogens is 1. The lowest BCUT2D eigenvalue weighted by atomic mass is 10.2. The van der Waals surface area contributed by atoms with E-state index in [1.165, 1.54) is 11.3 Å². The van der Waals surface area contributed by atoms with Gasteiger partial charge < -0.3 is 10.4 Å². The van der Waals surface area contributed by atoms with Crippen LogP contribution in [0.3, 0.4) is 0 Å². The highest BCUT2D eigenvalue weighted by Gasteiger charge is 2.06. The average molecular weight is 222 g/mol. The van der Waals surface area contributed by atoms with Crippen molar-refractivity contribution in [3.05, 3.63) is 29.3 Å². The summed E-state index contributed by atoms with van der Waals surface area (Å²) in [6.07, 6.45) is 0. The van der Waals surface area contributed by atoms with Gasteiger partial charge in [-0.15, -0.1) is 11.3 Å². The number of benzene rings is 1. The molecule has 0 saturated heterocycles. The Hall–Kier alpha value is -1.46. The van der Waals surface area contributed by atoms with Gasteiger partial charge in [0.1, 0.15) is 0 Å². The molecule has 0 unspecified atom stereocenters. The van der Waals surface area contributed by atoms with E-state index >= 15 is 0 Å². The van der Waals surface area contributed by atoms with Crippen molar-refractivity contribution in [2.45, 2.75) is 0 Å². The Bertz CT molecular complexity index is 481. The Morgan fingerprint density at radius 1 is 1.53 bits per heavy atom. The molecule has 15 heavy (non-hydrogen) atoms. The molecule has 0 aliphatic carbocycles. The molecule has 5 heteroatoms. The first-order chi connectivity index (χ1) is 7.31. The third-order valence-electron chi connectivity index (χ3n) is 1.99. The fraction of sp³-hybridized carbons (Fsp3) is 0.200. The van der Waals surface area contributed by atoms with Gasteiger partial charge in [-0.05, 0) is 18.2 Å². The normalized spacial score (nSPS) is 10.5. The van der Waals surface area contributed by atoms with Gasteiger partial charge in [-0.3, -0.25) is 4.79 Å². The van der Waals surface area contributed by atoms with Gasteiger partial charge in [-0.1, -0.05) is 0 Å². The number of aliphatic hydroxyl groups excluding tert-OH is 1. The molecule has 1 heterocycles. The summed E-state index contributed by atoms with van der Waals surface area (Å²) in [5.74, 6) is -0.167. The van der Waals surface area contributed by atoms with Crippen LogP contribution in [0.4, 0.5) is 0 Å². The largest absolute Gasteiger partial charge is 0.395 e. The molecule has 1 aromatic heterocycles. The van der Waals surface area contributed by atoms with Crippen molar-refractivity contribution >= 4 is 27.5 Å². The lowest BCUT2D eigenvalue weighted by Crippen LogP contribution is -2.26. The maximum Gasteiger partial charge on any atom is 0.251 e. The standard InChI is InChI=1S/C10H10N2O2S/c13-4-3-11-10(14)7-1-2-8-9(5-7)15-6-12-8/h1-2,5-6,13H,3-4H2,(H,11,14). The van der Waals surface area contributed by atoms with Gasteiger partial charge in [-0.2, -0.15) is 0 Å². The van der Waals surface area contributed by atoms with Crippen molar-refractivity contribution in [2.24, 2.45) is 0 Å². The SMILES string of the molecule is O=C(NCCO)c1ccc2ncsc2c1. The van der Waals surface area contributed by atoms with Crippen molar-refractivity contribution in [2.75, 3.05) is 13.2 Å². The second-order valence-electron chi connectivity index (χ2n) is 3.01. The highest BCUT2D eigenvalue weighted by Crippen LogP contribution is 2.18. The van der Waals surface area contributed by atoms with Crippen LogP contribution in [0.2, 0.25) is 0 Å². The Labute approximate surface area is 90.6 Å². The number of aliphatic hydroxyl groups is 1. The summed E-state index contributed by atoms with van der Waals surface area (Å²) in [4.78, 5) is 15.7. The number of thiazole rings is 1. The van der Waals surface area contributed by atoms with Crippen LogP contribution in [0.25, 0.3) is 10.2 Å². The van der Waals surface area contributed by atoms with Crippen LogP contribution in [0.5, 0.6) is 0 Å². The second kappa shape index (κ2) is 4.37. The molecule has 2 N–H and O–H groups in total. The van der Waals surface area contributed by atoms with E-state index in [0.29, 0.717) is 5.56 Å². The number of rotatable bonds is 3. The molecule has 0 saturated carbocycles. The minimum absolute atomic E-state index is 0.0471. The summed E-state index contributed by atoms with van der Waals surface area (Å²) in [7, 11) is 0. The molecular formula is C10H10N2O2S. The van der Waals surface area contributed by atoms with Gasteiger partial charge in [0, 0.05) is 12.1 Å². The van der Waals surface area contributed by atoms with Gasteiger partial charge in [0.25, 0.3) is 5.91 Å². The van der Waals surface area contributed by atoms with Crippen LogP contribution in [0.1, 0.15) is 10.4 Å². The van der Waals surface area contributed by atoms with Crippen molar-refractivity contribution in [1.82, 2.24) is 10.3 Å². The van der Waals surface area contributed by atoms with Crippen molar-refractivity contribution in [3.63, 3.8) is 0 Å². The van der Waals surface area contributed by atoms with Crippen molar-refractivity contribution in [3.8, 4) is 0 Å². The first-order valence-electron chi connectivity index (χ1n) is 4.53. The van der Waals surface area contributed by atoms with Gasteiger partial charge in [0.15, 0.2) is 0 Å². The molecule has 2 rings (SSSR count). The Morgan fingerprint density at radius 2 is 2.40 bits per heavy atom. The third-order valence-corrected chi connectivity index (χ3v) is 2.78. The quantitative estimate of drug-likeness (QED) is 0.815. The van der Waals surface area contributed by atoms with E-state index in [1.807, 2.05) is 6.07 Å². The number of carbonyl (C=O) groups excluding carboxylic acids is 1. The zero-order chi connectivity index (χ0) is 10.7. The van der Waals surface area contributed by atoms with E-state index in [4.69, 9.17) is 5.11 Å². The first-order valence-corrected chi connectivity index (χ1v) is 5.41. The average Bonchev–Trinajstić information content (AvgIpc) is 2.72. The molecule has 0 bridgehead atoms. The smallest absolute Gasteiger partial charge is 0.251 e. The zero-order valence-electron chi connectivity index (χ0n) is 7.93. The minimum atomic E-state index is -0.167. The summed E-state index contributed by atoms with van der Waals surface area (Å²) in [5.41, 5.74) is 3.25. The fourth-order valence-corrected chi connectivity index (χ4v) is 1.98. The number of hydrogen-bond acceptors (Lipinski definition) is 4. The van der Waals surface area contributed by atoms with Crippen LogP contribution >= 0.6 is 11.3 Å². The highest BCUT2D eigenvalue weighted by atomic mass is 32.1. The fourth-order valence-electron chi connectivity index (χ4n) is 1.27. The molecular weight excluding hydrogens is 212 g/mol. The summed E-state index contributed by atoms with van der Waals surface area (Å²) in [6.45, 7) is 0.230. The van der Waals surface area contributed by atoms with Gasteiger partial charge in [0.05, 0.1) is 22.3 Å². The summed E-state index contributed by atoms with van der Waals surface area (Å²) in [5, 5.41) is 11.2. The third kappa shape index (κ3) is 2.14. The molecule has 2 aromatic rings. The van der Waals surface area contributed by atoms with E-state index in [-0.39, 0.29) is 19.1 Å². The van der Waals surface area contributed by atoms with Crippen LogP contribution < -0.4 is 5.32 Å². The van der Waals surface area contributed by atoms with Gasteiger partial charge in [-0.25, -0.2) is 4.98 Å². The lowest BCUT2D eigenvalue weighted by Gasteiger charge is -2.02. The topological polar surface area (TPSA) is 62.2 Å². The van der Waals surface area contributed by atoms with Crippen molar-refractivity contribution < 1.29 is 9.90 Å². The molecule has 4 nitrogen and oxygen atoms in total. The molecule has 78 valence electrons. The molecule has 0 atom stereocenters. The van der Waals surface area contributed by atoms with E-state index in [2.05, 4.69) is 10.3 Å². The molecule has 0 fully saturated rings. The van der Waals surface area contributed by atoms with Crippen LogP contribution in [0.15, 0.2) is 23.7 Å². The minimum Gasteiger partial charge on any atom is -0.395 e. The Morgan fingerprint density at radius 3 is 3.20 bits per heavy atom. The highest BCUT2D eigenvalue weighted by molar-refractivity contribution is 7.16. The Kier molecular flexibility index (Phi) is 2.94. The van der Waals surface area contributed by atoms with E-state index in [9.17, 15) is 4.79 Å². The summed E-state index contributed by atoms with van der Waals surface area (Å²) < 4.78 is 0.992. The Balaban J connectivity index is 2.23. The number of fused-ring (bicyclic) bond motifs is 1. The van der Waals surface area contributed by atoms with Crippen molar-refractivity contribution in [1.29, 1.82) is 0 Å². The number of hydrogen-bond donors (Lipinski definition) is 2. The molecule has 0 aliphatic heterocycles. The maximum atomic E-state index is 11.5. The monoisotopic (exact) mass is 222 g/mol. The molecule has 0 spiro atoms. The predicted octanol–water partition coefficient (Wildman–Crippen LogP) is 1.02.